The molecule has 4 aromatic rings. The van der Waals surface area contributed by atoms with Gasteiger partial charge >= 0.3 is 0 Å². The van der Waals surface area contributed by atoms with Crippen molar-refractivity contribution in [2.75, 3.05) is 7.05 Å². The maximum atomic E-state index is 13.0. The lowest BCUT2D eigenvalue weighted by Crippen LogP contribution is -2.31. The molecule has 0 saturated heterocycles. The van der Waals surface area contributed by atoms with Crippen LogP contribution in [0.2, 0.25) is 0 Å². The molecule has 0 N–H and O–H groups in total. The molecule has 0 radical (unpaired) electrons. The molecule has 0 aliphatic carbocycles. The van der Waals surface area contributed by atoms with Crippen LogP contribution in [0, 0.1) is 13.8 Å². The molecule has 27 heavy (non-hydrogen) atoms. The van der Waals surface area contributed by atoms with E-state index in [0.29, 0.717) is 5.78 Å². The molecular weight excluding hydrogens is 360 g/mol. The van der Waals surface area contributed by atoms with Crippen molar-refractivity contribution >= 4 is 33.2 Å². The maximum absolute atomic E-state index is 13.0. The van der Waals surface area contributed by atoms with Crippen molar-refractivity contribution in [3.05, 3.63) is 52.6 Å². The molecular formula is C19H20N6OS. The Bertz CT molecular complexity index is 1110. The smallest absolute Gasteiger partial charge is 0.252 e. The topological polar surface area (TPSA) is 76.3 Å². The first-order valence-electron chi connectivity index (χ1n) is 8.72. The highest BCUT2D eigenvalue weighted by Crippen LogP contribution is 2.29. The van der Waals surface area contributed by atoms with E-state index >= 15 is 0 Å². The van der Waals surface area contributed by atoms with Crippen LogP contribution in [0.5, 0.6) is 0 Å². The summed E-state index contributed by atoms with van der Waals surface area (Å²) in [5, 5.41) is 5.12. The molecule has 3 heterocycles. The van der Waals surface area contributed by atoms with Crippen LogP contribution in [-0.4, -0.2) is 42.4 Å². The third-order valence-corrected chi connectivity index (χ3v) is 6.17. The first-order valence-corrected chi connectivity index (χ1v) is 9.54. The summed E-state index contributed by atoms with van der Waals surface area (Å²) in [6, 6.07) is 7.93. The highest BCUT2D eigenvalue weighted by Gasteiger charge is 2.23. The van der Waals surface area contributed by atoms with Crippen molar-refractivity contribution in [1.82, 2.24) is 29.5 Å². The average Bonchev–Trinajstić information content (AvgIpc) is 3.30. The summed E-state index contributed by atoms with van der Waals surface area (Å²) < 4.78 is 2.81. The number of thiazole rings is 1. The van der Waals surface area contributed by atoms with Gasteiger partial charge in [-0.15, -0.1) is 11.3 Å². The van der Waals surface area contributed by atoms with Gasteiger partial charge in [-0.1, -0.05) is 12.1 Å². The lowest BCUT2D eigenvalue weighted by atomic mass is 10.1. The van der Waals surface area contributed by atoms with Crippen LogP contribution in [0.3, 0.4) is 0 Å². The number of rotatable bonds is 4. The number of carbonyl (C=O) groups excluding carboxylic acids is 1. The molecule has 138 valence electrons. The minimum Gasteiger partial charge on any atom is -0.336 e. The van der Waals surface area contributed by atoms with Gasteiger partial charge in [0.1, 0.15) is 11.3 Å². The summed E-state index contributed by atoms with van der Waals surface area (Å²) in [4.78, 5) is 28.0. The molecule has 0 spiro atoms. The van der Waals surface area contributed by atoms with Crippen LogP contribution in [0.25, 0.3) is 16.0 Å². The molecule has 1 aromatic carbocycles. The van der Waals surface area contributed by atoms with Gasteiger partial charge < -0.3 is 4.90 Å². The summed E-state index contributed by atoms with van der Waals surface area (Å²) in [6.45, 7) is 5.85. The predicted octanol–water partition coefficient (Wildman–Crippen LogP) is 3.11. The Kier molecular flexibility index (Phi) is 4.35. The predicted molar refractivity (Wildman–Crippen MR) is 105 cm³/mol. The summed E-state index contributed by atoms with van der Waals surface area (Å²) in [6.07, 6.45) is 1.74. The molecule has 1 atom stereocenters. The number of aromatic nitrogens is 5. The summed E-state index contributed by atoms with van der Waals surface area (Å²) in [5.74, 6) is 0.576. The number of hydrogen-bond acceptors (Lipinski definition) is 6. The van der Waals surface area contributed by atoms with E-state index in [1.54, 1.807) is 20.8 Å². The van der Waals surface area contributed by atoms with E-state index in [9.17, 15) is 4.79 Å². The first kappa shape index (κ1) is 17.5. The number of hydrogen-bond donors (Lipinski definition) is 0. The fourth-order valence-corrected chi connectivity index (χ4v) is 4.20. The number of para-hydroxylation sites is 1. The molecule has 0 fully saturated rings. The van der Waals surface area contributed by atoms with E-state index in [4.69, 9.17) is 0 Å². The number of aryl methyl sites for hydroxylation is 2. The maximum Gasteiger partial charge on any atom is 0.252 e. The third kappa shape index (κ3) is 3.06. The fourth-order valence-electron chi connectivity index (χ4n) is 3.14. The second kappa shape index (κ2) is 6.70. The van der Waals surface area contributed by atoms with Crippen LogP contribution in [0.1, 0.15) is 34.9 Å². The molecule has 0 saturated carbocycles. The summed E-state index contributed by atoms with van der Waals surface area (Å²) >= 11 is 1.63. The van der Waals surface area contributed by atoms with Crippen molar-refractivity contribution < 1.29 is 4.79 Å². The van der Waals surface area contributed by atoms with Crippen molar-refractivity contribution in [1.29, 1.82) is 0 Å². The number of amides is 1. The lowest BCUT2D eigenvalue weighted by molar-refractivity contribution is -0.131. The minimum absolute atomic E-state index is 0.0224. The Morgan fingerprint density at radius 3 is 2.81 bits per heavy atom. The van der Waals surface area contributed by atoms with Gasteiger partial charge in [-0.25, -0.2) is 14.5 Å². The molecule has 3 aromatic heterocycles. The fraction of sp³-hybridized carbons (Fsp3) is 0.316. The molecule has 7 nitrogen and oxygen atoms in total. The van der Waals surface area contributed by atoms with Gasteiger partial charge in [0.25, 0.3) is 5.78 Å². The lowest BCUT2D eigenvalue weighted by Gasteiger charge is -2.24. The Labute approximate surface area is 160 Å². The van der Waals surface area contributed by atoms with E-state index in [0.717, 1.165) is 32.2 Å². The van der Waals surface area contributed by atoms with Crippen LogP contribution in [-0.2, 0) is 11.2 Å². The molecule has 8 heteroatoms. The van der Waals surface area contributed by atoms with Crippen LogP contribution in [0.15, 0.2) is 30.6 Å². The largest absolute Gasteiger partial charge is 0.336 e. The van der Waals surface area contributed by atoms with E-state index in [2.05, 4.69) is 26.1 Å². The SMILES string of the molecule is Cc1nc2ncnn2c(C)c1CC(=O)N(C)[C@H](C)c1nc2ccccc2s1. The van der Waals surface area contributed by atoms with Gasteiger partial charge in [-0.3, -0.25) is 4.79 Å². The van der Waals surface area contributed by atoms with Crippen LogP contribution in [0.4, 0.5) is 0 Å². The van der Waals surface area contributed by atoms with Gasteiger partial charge in [0.15, 0.2) is 0 Å². The molecule has 0 unspecified atom stereocenters. The van der Waals surface area contributed by atoms with E-state index in [1.165, 1.54) is 6.33 Å². The van der Waals surface area contributed by atoms with Gasteiger partial charge in [0, 0.05) is 24.0 Å². The molecule has 4 rings (SSSR count). The van der Waals surface area contributed by atoms with Crippen molar-refractivity contribution in [2.45, 2.75) is 33.2 Å². The first-order chi connectivity index (χ1) is 13.0. The Hall–Kier alpha value is -2.87. The molecule has 0 aliphatic heterocycles. The average molecular weight is 380 g/mol. The number of likely N-dealkylation sites (N-methyl/N-ethyl adjacent to an activating group) is 1. The zero-order valence-corrected chi connectivity index (χ0v) is 16.5. The normalized spacial score (nSPS) is 12.6. The standard InChI is InChI=1S/C19H20N6OS/c1-11-14(12(2)25-19(22-11)20-10-21-25)9-17(26)24(4)13(3)18-23-15-7-5-6-8-16(15)27-18/h5-8,10,13H,9H2,1-4H3/t13-/m1/s1. The van der Waals surface area contributed by atoms with Crippen LogP contribution < -0.4 is 0 Å². The molecule has 1 amide bonds. The Balaban J connectivity index is 1.59. The zero-order chi connectivity index (χ0) is 19.1. The Morgan fingerprint density at radius 1 is 1.26 bits per heavy atom. The van der Waals surface area contributed by atoms with Gasteiger partial charge in [-0.2, -0.15) is 10.1 Å². The van der Waals surface area contributed by atoms with Crippen molar-refractivity contribution in [3.8, 4) is 0 Å². The second-order valence-corrected chi connectivity index (χ2v) is 7.67. The molecule has 0 aliphatic rings. The number of nitrogens with zero attached hydrogens (tertiary/aromatic N) is 6. The number of carbonyl (C=O) groups is 1. The monoisotopic (exact) mass is 380 g/mol. The van der Waals surface area contributed by atoms with E-state index < -0.39 is 0 Å². The summed E-state index contributed by atoms with van der Waals surface area (Å²) in [5.41, 5.74) is 3.56. The third-order valence-electron chi connectivity index (χ3n) is 4.96. The number of benzene rings is 1. The van der Waals surface area contributed by atoms with Gasteiger partial charge in [0.2, 0.25) is 5.91 Å². The van der Waals surface area contributed by atoms with Crippen molar-refractivity contribution in [2.24, 2.45) is 0 Å². The van der Waals surface area contributed by atoms with E-state index in [-0.39, 0.29) is 18.4 Å². The number of fused-ring (bicyclic) bond motifs is 2. The van der Waals surface area contributed by atoms with Gasteiger partial charge in [0.05, 0.1) is 22.7 Å². The second-order valence-electron chi connectivity index (χ2n) is 6.61. The van der Waals surface area contributed by atoms with Crippen LogP contribution >= 0.6 is 11.3 Å². The highest BCUT2D eigenvalue weighted by molar-refractivity contribution is 7.18. The van der Waals surface area contributed by atoms with E-state index in [1.807, 2.05) is 46.0 Å². The van der Waals surface area contributed by atoms with Crippen molar-refractivity contribution in [3.63, 3.8) is 0 Å². The Morgan fingerprint density at radius 2 is 2.04 bits per heavy atom. The van der Waals surface area contributed by atoms with Gasteiger partial charge in [-0.05, 0) is 32.9 Å². The highest BCUT2D eigenvalue weighted by atomic mass is 32.1. The quantitative estimate of drug-likeness (QED) is 0.544. The summed E-state index contributed by atoms with van der Waals surface area (Å²) in [7, 11) is 1.82. The minimum atomic E-state index is -0.0985. The zero-order valence-electron chi connectivity index (χ0n) is 15.7. The molecule has 0 bridgehead atoms.